The van der Waals surface area contributed by atoms with E-state index in [2.05, 4.69) is 15.3 Å². The van der Waals surface area contributed by atoms with Crippen LogP contribution in [-0.2, 0) is 6.42 Å². The van der Waals surface area contributed by atoms with Gasteiger partial charge in [-0.25, -0.2) is 14.4 Å². The number of aromatic nitrogens is 2. The first-order valence-corrected chi connectivity index (χ1v) is 5.48. The summed E-state index contributed by atoms with van der Waals surface area (Å²) in [6, 6.07) is 8.62. The van der Waals surface area contributed by atoms with Crippen molar-refractivity contribution in [3.05, 3.63) is 53.7 Å². The first kappa shape index (κ1) is 12.0. The number of nitriles is 1. The van der Waals surface area contributed by atoms with Crippen molar-refractivity contribution >= 4 is 5.82 Å². The fourth-order valence-corrected chi connectivity index (χ4v) is 1.57. The van der Waals surface area contributed by atoms with E-state index in [-0.39, 0.29) is 5.82 Å². The van der Waals surface area contributed by atoms with E-state index in [0.717, 1.165) is 0 Å². The molecule has 4 nitrogen and oxygen atoms in total. The van der Waals surface area contributed by atoms with Crippen molar-refractivity contribution in [2.45, 2.75) is 6.42 Å². The Morgan fingerprint density at radius 2 is 2.17 bits per heavy atom. The Morgan fingerprint density at radius 3 is 2.94 bits per heavy atom. The quantitative estimate of drug-likeness (QED) is 0.892. The van der Waals surface area contributed by atoms with Crippen LogP contribution in [0.2, 0.25) is 0 Å². The molecule has 0 aliphatic rings. The summed E-state index contributed by atoms with van der Waals surface area (Å²) in [5, 5.41) is 11.8. The molecule has 0 fully saturated rings. The van der Waals surface area contributed by atoms with Crippen LogP contribution in [0.1, 0.15) is 11.1 Å². The van der Waals surface area contributed by atoms with E-state index in [1.807, 2.05) is 6.07 Å². The largest absolute Gasteiger partial charge is 0.369 e. The normalized spacial score (nSPS) is 9.78. The third kappa shape index (κ3) is 2.80. The lowest BCUT2D eigenvalue weighted by molar-refractivity contribution is 0.610. The molecule has 90 valence electrons. The second-order valence-corrected chi connectivity index (χ2v) is 3.67. The Labute approximate surface area is 104 Å². The number of nitrogens with one attached hydrogen (secondary N) is 1. The summed E-state index contributed by atoms with van der Waals surface area (Å²) in [6.07, 6.45) is 3.34. The van der Waals surface area contributed by atoms with Crippen LogP contribution in [0, 0.1) is 17.1 Å². The summed E-state index contributed by atoms with van der Waals surface area (Å²) in [5.41, 5.74) is 1.02. The Morgan fingerprint density at radius 1 is 1.33 bits per heavy atom. The first-order valence-electron chi connectivity index (χ1n) is 5.48. The summed E-state index contributed by atoms with van der Waals surface area (Å²) in [7, 11) is 0. The van der Waals surface area contributed by atoms with Crippen LogP contribution in [0.25, 0.3) is 0 Å². The summed E-state index contributed by atoms with van der Waals surface area (Å²) in [5.74, 6) is 0.256. The molecule has 1 heterocycles. The lowest BCUT2D eigenvalue weighted by Gasteiger charge is -2.06. The van der Waals surface area contributed by atoms with Crippen LogP contribution >= 0.6 is 0 Å². The fraction of sp³-hybridized carbons (Fsp3) is 0.154. The van der Waals surface area contributed by atoms with Gasteiger partial charge in [-0.2, -0.15) is 5.26 Å². The zero-order valence-corrected chi connectivity index (χ0v) is 9.60. The first-order chi connectivity index (χ1) is 8.81. The van der Waals surface area contributed by atoms with Gasteiger partial charge in [-0.1, -0.05) is 18.2 Å². The van der Waals surface area contributed by atoms with E-state index in [1.54, 1.807) is 18.2 Å². The lowest BCUT2D eigenvalue weighted by atomic mass is 10.1. The molecule has 1 aromatic carbocycles. The Bertz CT molecular complexity index is 577. The van der Waals surface area contributed by atoms with Gasteiger partial charge in [0.25, 0.3) is 0 Å². The second-order valence-electron chi connectivity index (χ2n) is 3.67. The molecule has 0 unspecified atom stereocenters. The van der Waals surface area contributed by atoms with Crippen molar-refractivity contribution < 1.29 is 4.39 Å². The average molecular weight is 242 g/mol. The van der Waals surface area contributed by atoms with Gasteiger partial charge in [-0.3, -0.25) is 0 Å². The molecule has 0 amide bonds. The topological polar surface area (TPSA) is 61.6 Å². The van der Waals surface area contributed by atoms with Crippen molar-refractivity contribution in [2.75, 3.05) is 11.9 Å². The van der Waals surface area contributed by atoms with Gasteiger partial charge in [-0.05, 0) is 18.1 Å². The van der Waals surface area contributed by atoms with Crippen molar-refractivity contribution in [2.24, 2.45) is 0 Å². The average Bonchev–Trinajstić information content (AvgIpc) is 2.41. The molecule has 0 aliphatic heterocycles. The van der Waals surface area contributed by atoms with Gasteiger partial charge in [0.05, 0.1) is 6.20 Å². The van der Waals surface area contributed by atoms with E-state index in [0.29, 0.717) is 29.9 Å². The summed E-state index contributed by atoms with van der Waals surface area (Å²) in [6.45, 7) is 0.507. The molecule has 1 N–H and O–H groups in total. The van der Waals surface area contributed by atoms with Gasteiger partial charge in [0, 0.05) is 6.54 Å². The van der Waals surface area contributed by atoms with Crippen LogP contribution in [0.3, 0.4) is 0 Å². The number of hydrogen-bond acceptors (Lipinski definition) is 4. The SMILES string of the molecule is N#Cc1cncnc1NCCc1ccccc1F. The highest BCUT2D eigenvalue weighted by atomic mass is 19.1. The predicted molar refractivity (Wildman–Crippen MR) is 65.3 cm³/mol. The maximum atomic E-state index is 13.4. The van der Waals surface area contributed by atoms with E-state index in [9.17, 15) is 4.39 Å². The van der Waals surface area contributed by atoms with Gasteiger partial charge in [-0.15, -0.1) is 0 Å². The molecule has 0 radical (unpaired) electrons. The maximum absolute atomic E-state index is 13.4. The molecule has 0 saturated carbocycles. The van der Waals surface area contributed by atoms with Gasteiger partial charge in [0.2, 0.25) is 0 Å². The number of benzene rings is 1. The van der Waals surface area contributed by atoms with Crippen LogP contribution in [-0.4, -0.2) is 16.5 Å². The summed E-state index contributed by atoms with van der Waals surface area (Å²) in [4.78, 5) is 7.73. The highest BCUT2D eigenvalue weighted by Crippen LogP contribution is 2.10. The zero-order valence-electron chi connectivity index (χ0n) is 9.60. The molecule has 0 atom stereocenters. The molecule has 2 aromatic rings. The minimum absolute atomic E-state index is 0.220. The van der Waals surface area contributed by atoms with Crippen LogP contribution < -0.4 is 5.32 Å². The van der Waals surface area contributed by atoms with Crippen molar-refractivity contribution in [3.63, 3.8) is 0 Å². The molecule has 0 spiro atoms. The second kappa shape index (κ2) is 5.73. The predicted octanol–water partition coefficient (Wildman–Crippen LogP) is 2.14. The Kier molecular flexibility index (Phi) is 3.82. The highest BCUT2D eigenvalue weighted by molar-refractivity contribution is 5.49. The minimum Gasteiger partial charge on any atom is -0.369 e. The molecular weight excluding hydrogens is 231 g/mol. The highest BCUT2D eigenvalue weighted by Gasteiger charge is 2.03. The molecular formula is C13H11FN4. The third-order valence-corrected chi connectivity index (χ3v) is 2.48. The lowest BCUT2D eigenvalue weighted by Crippen LogP contribution is -2.08. The molecule has 5 heteroatoms. The monoisotopic (exact) mass is 242 g/mol. The van der Waals surface area contributed by atoms with Crippen molar-refractivity contribution in [1.29, 1.82) is 5.26 Å². The number of anilines is 1. The van der Waals surface area contributed by atoms with Gasteiger partial charge in [0.1, 0.15) is 29.6 Å². The van der Waals surface area contributed by atoms with Gasteiger partial charge >= 0.3 is 0 Å². The smallest absolute Gasteiger partial charge is 0.147 e. The molecule has 0 aliphatic carbocycles. The molecule has 0 bridgehead atoms. The molecule has 2 rings (SSSR count). The molecule has 18 heavy (non-hydrogen) atoms. The molecule has 1 aromatic heterocycles. The van der Waals surface area contributed by atoms with E-state index in [1.165, 1.54) is 18.6 Å². The standard InChI is InChI=1S/C13H11FN4/c14-12-4-2-1-3-10(12)5-6-17-13-11(7-15)8-16-9-18-13/h1-4,8-9H,5-6H2,(H,16,17,18). The van der Waals surface area contributed by atoms with Crippen LogP contribution in [0.5, 0.6) is 0 Å². The van der Waals surface area contributed by atoms with Gasteiger partial charge in [0.15, 0.2) is 0 Å². The minimum atomic E-state index is -0.220. The van der Waals surface area contributed by atoms with Crippen molar-refractivity contribution in [3.8, 4) is 6.07 Å². The van der Waals surface area contributed by atoms with E-state index < -0.39 is 0 Å². The third-order valence-electron chi connectivity index (χ3n) is 2.48. The summed E-state index contributed by atoms with van der Waals surface area (Å²) >= 11 is 0. The zero-order chi connectivity index (χ0) is 12.8. The Balaban J connectivity index is 1.97. The Hall–Kier alpha value is -2.48. The van der Waals surface area contributed by atoms with Gasteiger partial charge < -0.3 is 5.32 Å². The number of hydrogen-bond donors (Lipinski definition) is 1. The fourth-order valence-electron chi connectivity index (χ4n) is 1.57. The number of nitrogens with zero attached hydrogens (tertiary/aromatic N) is 3. The summed E-state index contributed by atoms with van der Waals surface area (Å²) < 4.78 is 13.4. The molecule has 0 saturated heterocycles. The number of halogens is 1. The number of rotatable bonds is 4. The van der Waals surface area contributed by atoms with Crippen LogP contribution in [0.4, 0.5) is 10.2 Å². The van der Waals surface area contributed by atoms with E-state index >= 15 is 0 Å². The van der Waals surface area contributed by atoms with Crippen molar-refractivity contribution in [1.82, 2.24) is 9.97 Å². The van der Waals surface area contributed by atoms with E-state index in [4.69, 9.17) is 5.26 Å². The van der Waals surface area contributed by atoms with Crippen LogP contribution in [0.15, 0.2) is 36.8 Å². The maximum Gasteiger partial charge on any atom is 0.147 e.